The molecule has 0 unspecified atom stereocenters. The zero-order valence-electron chi connectivity index (χ0n) is 19.7. The van der Waals surface area contributed by atoms with Gasteiger partial charge in [0.25, 0.3) is 0 Å². The third-order valence-corrected chi connectivity index (χ3v) is 8.77. The van der Waals surface area contributed by atoms with Gasteiger partial charge in [-0.3, -0.25) is 0 Å². The number of methoxy groups -OCH3 is 1. The van der Waals surface area contributed by atoms with Gasteiger partial charge in [0.1, 0.15) is 5.75 Å². The maximum atomic E-state index is 6.26. The van der Waals surface area contributed by atoms with Crippen molar-refractivity contribution in [1.29, 1.82) is 0 Å². The van der Waals surface area contributed by atoms with Crippen LogP contribution in [0.25, 0.3) is 0 Å². The Morgan fingerprint density at radius 3 is 2.16 bits per heavy atom. The zero-order chi connectivity index (χ0) is 22.0. The van der Waals surface area contributed by atoms with Gasteiger partial charge in [-0.2, -0.15) is 0 Å². The normalized spacial score (nSPS) is 38.2. The highest BCUT2D eigenvalue weighted by Gasteiger charge is 2.60. The van der Waals surface area contributed by atoms with Crippen molar-refractivity contribution in [2.75, 3.05) is 20.3 Å². The fraction of sp³-hybridized carbons (Fsp3) is 0.778. The van der Waals surface area contributed by atoms with E-state index in [0.717, 1.165) is 49.2 Å². The molecule has 178 valence electrons. The van der Waals surface area contributed by atoms with Crippen molar-refractivity contribution in [3.63, 3.8) is 0 Å². The van der Waals surface area contributed by atoms with Gasteiger partial charge >= 0.3 is 0 Å². The number of rotatable bonds is 10. The summed E-state index contributed by atoms with van der Waals surface area (Å²) in [6.07, 6.45) is 13.2. The predicted molar refractivity (Wildman–Crippen MR) is 124 cm³/mol. The molecule has 1 aromatic carbocycles. The summed E-state index contributed by atoms with van der Waals surface area (Å²) >= 11 is 0. The first-order valence-corrected chi connectivity index (χ1v) is 13.0. The second-order valence-corrected chi connectivity index (χ2v) is 10.9. The average Bonchev–Trinajstić information content (AvgIpc) is 2.81. The van der Waals surface area contributed by atoms with Gasteiger partial charge in [0.15, 0.2) is 0 Å². The van der Waals surface area contributed by atoms with Gasteiger partial charge < -0.3 is 15.2 Å². The van der Waals surface area contributed by atoms with E-state index in [1.165, 1.54) is 50.5 Å². The molecule has 0 spiro atoms. The van der Waals surface area contributed by atoms with Gasteiger partial charge in [-0.1, -0.05) is 12.1 Å². The van der Waals surface area contributed by atoms with Crippen LogP contribution in [0.1, 0.15) is 69.8 Å². The smallest absolute Gasteiger partial charge is 0.207 e. The molecule has 4 bridgehead atoms. The zero-order valence-corrected chi connectivity index (χ0v) is 19.7. The van der Waals surface area contributed by atoms with E-state index in [1.54, 1.807) is 0 Å². The SMILES string of the molecule is COC1(OO[C@H]2CC[C@@H](Cc3ccc(OCCCN)cc3)CC2)C2CC3CC(C2)CC1C3. The Morgan fingerprint density at radius 1 is 0.906 bits per heavy atom. The summed E-state index contributed by atoms with van der Waals surface area (Å²) in [4.78, 5) is 12.4. The maximum absolute atomic E-state index is 6.26. The van der Waals surface area contributed by atoms with Crippen LogP contribution in [0.2, 0.25) is 0 Å². The van der Waals surface area contributed by atoms with Crippen LogP contribution in [0.5, 0.6) is 5.75 Å². The van der Waals surface area contributed by atoms with Gasteiger partial charge in [0.2, 0.25) is 5.79 Å². The van der Waals surface area contributed by atoms with Crippen LogP contribution in [0.4, 0.5) is 0 Å². The van der Waals surface area contributed by atoms with E-state index < -0.39 is 5.79 Å². The Kier molecular flexibility index (Phi) is 7.08. The van der Waals surface area contributed by atoms with Gasteiger partial charge in [-0.05, 0) is 113 Å². The first-order chi connectivity index (χ1) is 15.7. The van der Waals surface area contributed by atoms with E-state index >= 15 is 0 Å². The molecule has 0 radical (unpaired) electrons. The summed E-state index contributed by atoms with van der Waals surface area (Å²) in [5.74, 6) is 3.99. The van der Waals surface area contributed by atoms with Crippen LogP contribution in [0, 0.1) is 29.6 Å². The van der Waals surface area contributed by atoms with Crippen LogP contribution in [0.3, 0.4) is 0 Å². The lowest BCUT2D eigenvalue weighted by Crippen LogP contribution is -2.60. The molecule has 5 aliphatic carbocycles. The van der Waals surface area contributed by atoms with Crippen molar-refractivity contribution in [2.45, 2.75) is 82.5 Å². The van der Waals surface area contributed by atoms with Crippen LogP contribution in [0.15, 0.2) is 24.3 Å². The molecule has 0 atom stereocenters. The average molecular weight is 444 g/mol. The third-order valence-electron chi connectivity index (χ3n) is 8.77. The molecule has 5 saturated carbocycles. The van der Waals surface area contributed by atoms with E-state index in [2.05, 4.69) is 24.3 Å². The van der Waals surface area contributed by atoms with E-state index in [9.17, 15) is 0 Å². The Morgan fingerprint density at radius 2 is 1.56 bits per heavy atom. The van der Waals surface area contributed by atoms with E-state index in [0.29, 0.717) is 25.0 Å². The topological polar surface area (TPSA) is 62.9 Å². The highest BCUT2D eigenvalue weighted by molar-refractivity contribution is 5.27. The lowest BCUT2D eigenvalue weighted by molar-refractivity contribution is -0.485. The number of hydrogen-bond acceptors (Lipinski definition) is 5. The van der Waals surface area contributed by atoms with Crippen molar-refractivity contribution < 1.29 is 19.2 Å². The maximum Gasteiger partial charge on any atom is 0.207 e. The monoisotopic (exact) mass is 443 g/mol. The van der Waals surface area contributed by atoms with Crippen molar-refractivity contribution in [3.05, 3.63) is 29.8 Å². The largest absolute Gasteiger partial charge is 0.494 e. The molecule has 1 aromatic rings. The van der Waals surface area contributed by atoms with Crippen molar-refractivity contribution in [2.24, 2.45) is 35.3 Å². The van der Waals surface area contributed by atoms with Crippen LogP contribution in [-0.4, -0.2) is 32.2 Å². The van der Waals surface area contributed by atoms with Crippen LogP contribution in [-0.2, 0) is 20.9 Å². The predicted octanol–water partition coefficient (Wildman–Crippen LogP) is 5.26. The fourth-order valence-electron chi connectivity index (χ4n) is 7.25. The van der Waals surface area contributed by atoms with E-state index in [4.69, 9.17) is 25.0 Å². The molecule has 0 amide bonds. The summed E-state index contributed by atoms with van der Waals surface area (Å²) < 4.78 is 11.8. The molecule has 0 saturated heterocycles. The quantitative estimate of drug-likeness (QED) is 0.231. The minimum Gasteiger partial charge on any atom is -0.494 e. The first kappa shape index (κ1) is 22.6. The summed E-state index contributed by atoms with van der Waals surface area (Å²) in [5.41, 5.74) is 6.92. The van der Waals surface area contributed by atoms with Gasteiger partial charge in [-0.25, -0.2) is 9.78 Å². The molecule has 0 aromatic heterocycles. The second-order valence-electron chi connectivity index (χ2n) is 10.9. The van der Waals surface area contributed by atoms with Gasteiger partial charge in [-0.15, -0.1) is 0 Å². The third kappa shape index (κ3) is 4.72. The summed E-state index contributed by atoms with van der Waals surface area (Å²) in [5, 5.41) is 0. The summed E-state index contributed by atoms with van der Waals surface area (Å²) in [6.45, 7) is 1.36. The summed E-state index contributed by atoms with van der Waals surface area (Å²) in [6, 6.07) is 8.59. The van der Waals surface area contributed by atoms with Crippen LogP contribution < -0.4 is 10.5 Å². The minimum atomic E-state index is -0.488. The number of hydrogen-bond donors (Lipinski definition) is 1. The molecular weight excluding hydrogens is 402 g/mol. The number of ether oxygens (including phenoxy) is 2. The van der Waals surface area contributed by atoms with Crippen LogP contribution >= 0.6 is 0 Å². The lowest BCUT2D eigenvalue weighted by atomic mass is 9.53. The van der Waals surface area contributed by atoms with Crippen molar-refractivity contribution >= 4 is 0 Å². The number of benzene rings is 1. The van der Waals surface area contributed by atoms with Gasteiger partial charge in [0, 0.05) is 18.9 Å². The fourth-order valence-corrected chi connectivity index (χ4v) is 7.25. The molecule has 5 aliphatic rings. The molecule has 0 heterocycles. The Bertz CT molecular complexity index is 700. The highest BCUT2D eigenvalue weighted by atomic mass is 17.2. The first-order valence-electron chi connectivity index (χ1n) is 13.0. The van der Waals surface area contributed by atoms with Gasteiger partial charge in [0.05, 0.1) is 12.7 Å². The molecule has 5 fully saturated rings. The number of nitrogens with two attached hydrogens (primary N) is 1. The Balaban J connectivity index is 1.07. The standard InChI is InChI=1S/C27H41NO4/c1-29-27(23-15-21-14-22(17-23)18-24(27)16-21)32-31-26-9-5-20(6-10-26)13-19-3-7-25(8-4-19)30-12-2-11-28/h3-4,7-8,20-24,26H,2,5-6,9-18,28H2,1H3/t20-,21?,22?,23?,24?,26+,27?. The molecule has 2 N–H and O–H groups in total. The highest BCUT2D eigenvalue weighted by Crippen LogP contribution is 2.60. The molecular formula is C27H41NO4. The van der Waals surface area contributed by atoms with E-state index in [1.807, 2.05) is 7.11 Å². The van der Waals surface area contributed by atoms with Crippen molar-refractivity contribution in [3.8, 4) is 5.75 Å². The Hall–Kier alpha value is -1.14. The second kappa shape index (κ2) is 10.0. The van der Waals surface area contributed by atoms with E-state index in [-0.39, 0.29) is 6.10 Å². The lowest BCUT2D eigenvalue weighted by Gasteiger charge is -2.58. The van der Waals surface area contributed by atoms with Crippen molar-refractivity contribution in [1.82, 2.24) is 0 Å². The minimum absolute atomic E-state index is 0.203. The molecule has 5 heteroatoms. The molecule has 32 heavy (non-hydrogen) atoms. The molecule has 6 rings (SSSR count). The molecule has 0 aliphatic heterocycles. The molecule has 5 nitrogen and oxygen atoms in total. The Labute approximate surface area is 193 Å². The summed E-state index contributed by atoms with van der Waals surface area (Å²) in [7, 11) is 1.83.